The highest BCUT2D eigenvalue weighted by atomic mass is 32.1. The van der Waals surface area contributed by atoms with E-state index < -0.39 is 6.43 Å². The zero-order valence-electron chi connectivity index (χ0n) is 8.75. The van der Waals surface area contributed by atoms with E-state index in [1.807, 2.05) is 0 Å². The molecule has 16 heavy (non-hydrogen) atoms. The largest absolute Gasteiger partial charge is 0.360 e. The summed E-state index contributed by atoms with van der Waals surface area (Å²) in [6.45, 7) is 2.82. The fourth-order valence-corrected chi connectivity index (χ4v) is 2.33. The molecule has 0 radical (unpaired) electrons. The van der Waals surface area contributed by atoms with Crippen molar-refractivity contribution in [2.24, 2.45) is 5.92 Å². The molecule has 2 N–H and O–H groups in total. The van der Waals surface area contributed by atoms with Gasteiger partial charge >= 0.3 is 0 Å². The molecule has 90 valence electrons. The monoisotopic (exact) mass is 248 g/mol. The second kappa shape index (κ2) is 5.49. The smallest absolute Gasteiger partial charge is 0.291 e. The van der Waals surface area contributed by atoms with Gasteiger partial charge in [-0.05, 0) is 31.8 Å². The molecule has 0 bridgehead atoms. The average molecular weight is 248 g/mol. The summed E-state index contributed by atoms with van der Waals surface area (Å²) in [5.41, 5.74) is 0. The molecule has 0 aliphatic carbocycles. The first kappa shape index (κ1) is 11.7. The van der Waals surface area contributed by atoms with Crippen LogP contribution in [0.5, 0.6) is 0 Å². The van der Waals surface area contributed by atoms with Crippen LogP contribution in [0.3, 0.4) is 0 Å². The highest BCUT2D eigenvalue weighted by molar-refractivity contribution is 7.15. The van der Waals surface area contributed by atoms with E-state index in [1.165, 1.54) is 12.8 Å². The van der Waals surface area contributed by atoms with E-state index in [0.29, 0.717) is 11.0 Å². The molecule has 0 amide bonds. The Balaban J connectivity index is 1.79. The maximum absolute atomic E-state index is 12.2. The van der Waals surface area contributed by atoms with Crippen molar-refractivity contribution >= 4 is 16.5 Å². The summed E-state index contributed by atoms with van der Waals surface area (Å²) >= 11 is 0.926. The Morgan fingerprint density at radius 3 is 3.00 bits per heavy atom. The lowest BCUT2D eigenvalue weighted by Gasteiger charge is -2.22. The number of alkyl halides is 2. The minimum absolute atomic E-state index is 0.218. The highest BCUT2D eigenvalue weighted by Gasteiger charge is 2.16. The number of piperidine rings is 1. The van der Waals surface area contributed by atoms with Crippen LogP contribution in [0.25, 0.3) is 0 Å². The summed E-state index contributed by atoms with van der Waals surface area (Å²) in [6, 6.07) is 0. The molecule has 1 unspecified atom stereocenters. The van der Waals surface area contributed by atoms with E-state index >= 15 is 0 Å². The van der Waals surface area contributed by atoms with Gasteiger partial charge in [-0.15, -0.1) is 10.2 Å². The van der Waals surface area contributed by atoms with Crippen molar-refractivity contribution in [2.75, 3.05) is 25.0 Å². The van der Waals surface area contributed by atoms with E-state index in [0.717, 1.165) is 31.0 Å². The molecule has 1 fully saturated rings. The van der Waals surface area contributed by atoms with Crippen LogP contribution in [0.15, 0.2) is 0 Å². The molecule has 0 aromatic carbocycles. The fraction of sp³-hybridized carbons (Fsp3) is 0.778. The minimum atomic E-state index is -2.52. The number of anilines is 1. The lowest BCUT2D eigenvalue weighted by atomic mass is 10.00. The molecule has 1 atom stereocenters. The molecular formula is C9H14F2N4S. The third-order valence-electron chi connectivity index (χ3n) is 2.57. The molecule has 1 saturated heterocycles. The van der Waals surface area contributed by atoms with Gasteiger partial charge in [0.25, 0.3) is 6.43 Å². The number of nitrogens with one attached hydrogen (secondary N) is 2. The van der Waals surface area contributed by atoms with Gasteiger partial charge in [0.05, 0.1) is 0 Å². The van der Waals surface area contributed by atoms with Crippen molar-refractivity contribution in [1.29, 1.82) is 0 Å². The number of hydrogen-bond donors (Lipinski definition) is 2. The molecule has 7 heteroatoms. The molecule has 1 aromatic rings. The minimum Gasteiger partial charge on any atom is -0.360 e. The summed E-state index contributed by atoms with van der Waals surface area (Å²) in [5.74, 6) is 0.549. The van der Waals surface area contributed by atoms with Crippen LogP contribution in [0.2, 0.25) is 0 Å². The van der Waals surface area contributed by atoms with Crippen LogP contribution in [0.1, 0.15) is 24.3 Å². The maximum atomic E-state index is 12.2. The van der Waals surface area contributed by atoms with Gasteiger partial charge in [0.15, 0.2) is 5.01 Å². The molecule has 2 rings (SSSR count). The predicted octanol–water partition coefficient (Wildman–Crippen LogP) is 1.89. The number of hydrogen-bond acceptors (Lipinski definition) is 5. The first-order valence-corrected chi connectivity index (χ1v) is 6.13. The second-order valence-corrected chi connectivity index (χ2v) is 4.85. The molecule has 0 spiro atoms. The molecule has 4 nitrogen and oxygen atoms in total. The van der Waals surface area contributed by atoms with Crippen molar-refractivity contribution in [3.63, 3.8) is 0 Å². The molecule has 1 aliphatic heterocycles. The van der Waals surface area contributed by atoms with E-state index in [4.69, 9.17) is 0 Å². The van der Waals surface area contributed by atoms with E-state index in [2.05, 4.69) is 20.8 Å². The Morgan fingerprint density at radius 1 is 1.50 bits per heavy atom. The van der Waals surface area contributed by atoms with Gasteiger partial charge in [0, 0.05) is 6.54 Å². The lowest BCUT2D eigenvalue weighted by molar-refractivity contribution is 0.150. The van der Waals surface area contributed by atoms with Crippen LogP contribution in [-0.4, -0.2) is 29.8 Å². The third kappa shape index (κ3) is 3.08. The summed E-state index contributed by atoms with van der Waals surface area (Å²) < 4.78 is 24.5. The van der Waals surface area contributed by atoms with E-state index in [9.17, 15) is 8.78 Å². The fourth-order valence-electron chi connectivity index (χ4n) is 1.72. The number of nitrogens with zero attached hydrogens (tertiary/aromatic N) is 2. The highest BCUT2D eigenvalue weighted by Crippen LogP contribution is 2.25. The van der Waals surface area contributed by atoms with Gasteiger partial charge in [0.1, 0.15) is 0 Å². The van der Waals surface area contributed by atoms with Gasteiger partial charge in [0.2, 0.25) is 5.13 Å². The number of halogens is 2. The van der Waals surface area contributed by atoms with Crippen LogP contribution < -0.4 is 10.6 Å². The summed E-state index contributed by atoms with van der Waals surface area (Å²) in [7, 11) is 0. The Kier molecular flexibility index (Phi) is 4.00. The van der Waals surface area contributed by atoms with Crippen molar-refractivity contribution < 1.29 is 8.78 Å². The molecule has 0 saturated carbocycles. The summed E-state index contributed by atoms with van der Waals surface area (Å²) in [5, 5.41) is 13.7. The Morgan fingerprint density at radius 2 is 2.38 bits per heavy atom. The normalized spacial score (nSPS) is 21.3. The van der Waals surface area contributed by atoms with Crippen LogP contribution in [0, 0.1) is 5.92 Å². The molecule has 1 aromatic heterocycles. The van der Waals surface area contributed by atoms with E-state index in [1.54, 1.807) is 0 Å². The Labute approximate surface area is 96.5 Å². The average Bonchev–Trinajstić information content (AvgIpc) is 2.76. The molecular weight excluding hydrogens is 234 g/mol. The van der Waals surface area contributed by atoms with Gasteiger partial charge < -0.3 is 10.6 Å². The van der Waals surface area contributed by atoms with E-state index in [-0.39, 0.29) is 5.01 Å². The van der Waals surface area contributed by atoms with Crippen LogP contribution in [-0.2, 0) is 0 Å². The predicted molar refractivity (Wildman–Crippen MR) is 58.9 cm³/mol. The molecule has 1 aliphatic rings. The summed E-state index contributed by atoms with van der Waals surface area (Å²) in [4.78, 5) is 0. The number of rotatable bonds is 4. The van der Waals surface area contributed by atoms with Crippen molar-refractivity contribution in [2.45, 2.75) is 19.3 Å². The first-order valence-electron chi connectivity index (χ1n) is 5.32. The second-order valence-electron chi connectivity index (χ2n) is 3.84. The Hall–Kier alpha value is -0.820. The SMILES string of the molecule is FC(F)c1nnc(NCC2CCCNC2)s1. The zero-order valence-corrected chi connectivity index (χ0v) is 9.57. The van der Waals surface area contributed by atoms with Crippen molar-refractivity contribution in [3.8, 4) is 0 Å². The summed E-state index contributed by atoms with van der Waals surface area (Å²) in [6.07, 6.45) is -0.185. The molecule has 2 heterocycles. The standard InChI is InChI=1S/C9H14F2N4S/c10-7(11)8-14-15-9(16-8)13-5-6-2-1-3-12-4-6/h6-7,12H,1-5H2,(H,13,15). The quantitative estimate of drug-likeness (QED) is 0.854. The van der Waals surface area contributed by atoms with Gasteiger partial charge in [-0.2, -0.15) is 0 Å². The van der Waals surface area contributed by atoms with Gasteiger partial charge in [-0.3, -0.25) is 0 Å². The topological polar surface area (TPSA) is 49.8 Å². The van der Waals surface area contributed by atoms with Crippen LogP contribution >= 0.6 is 11.3 Å². The maximum Gasteiger partial charge on any atom is 0.291 e. The van der Waals surface area contributed by atoms with Crippen LogP contribution in [0.4, 0.5) is 13.9 Å². The zero-order chi connectivity index (χ0) is 11.4. The van der Waals surface area contributed by atoms with Crippen molar-refractivity contribution in [3.05, 3.63) is 5.01 Å². The first-order chi connectivity index (χ1) is 7.75. The van der Waals surface area contributed by atoms with Crippen molar-refractivity contribution in [1.82, 2.24) is 15.5 Å². The van der Waals surface area contributed by atoms with Gasteiger partial charge in [-0.1, -0.05) is 11.3 Å². The number of aromatic nitrogens is 2. The van der Waals surface area contributed by atoms with Gasteiger partial charge in [-0.25, -0.2) is 8.78 Å². The third-order valence-corrected chi connectivity index (χ3v) is 3.46. The Bertz CT molecular complexity index is 325. The lowest BCUT2D eigenvalue weighted by Crippen LogP contribution is -2.33.